The van der Waals surface area contributed by atoms with Gasteiger partial charge in [-0.2, -0.15) is 0 Å². The molecule has 0 aliphatic rings. The molecule has 2 heterocycles. The molecule has 0 unspecified atom stereocenters. The van der Waals surface area contributed by atoms with Crippen LogP contribution in [-0.2, 0) is 6.42 Å². The Bertz CT molecular complexity index is 836. The van der Waals surface area contributed by atoms with E-state index < -0.39 is 0 Å². The molecular formula is C19H23N5O. The van der Waals surface area contributed by atoms with Crippen molar-refractivity contribution < 1.29 is 4.79 Å². The molecule has 1 aromatic carbocycles. The van der Waals surface area contributed by atoms with Crippen LogP contribution in [0.25, 0.3) is 10.9 Å². The molecule has 25 heavy (non-hydrogen) atoms. The Morgan fingerprint density at radius 3 is 2.60 bits per heavy atom. The van der Waals surface area contributed by atoms with Gasteiger partial charge in [-0.1, -0.05) is 18.2 Å². The number of amides is 1. The first-order chi connectivity index (χ1) is 12.2. The number of fused-ring (bicyclic) bond motifs is 1. The average molecular weight is 337 g/mol. The van der Waals surface area contributed by atoms with Gasteiger partial charge in [0.15, 0.2) is 0 Å². The molecule has 1 amide bonds. The molecule has 0 aliphatic carbocycles. The van der Waals surface area contributed by atoms with Crippen molar-refractivity contribution in [2.75, 3.05) is 25.0 Å². The Kier molecular flexibility index (Phi) is 5.28. The van der Waals surface area contributed by atoms with Gasteiger partial charge in [0, 0.05) is 49.1 Å². The van der Waals surface area contributed by atoms with Crippen molar-refractivity contribution in [2.24, 2.45) is 0 Å². The summed E-state index contributed by atoms with van der Waals surface area (Å²) >= 11 is 0. The molecule has 0 bridgehead atoms. The summed E-state index contributed by atoms with van der Waals surface area (Å²) in [6, 6.07) is 8.25. The highest BCUT2D eigenvalue weighted by molar-refractivity contribution is 5.93. The number of H-pyrrole nitrogens is 1. The molecule has 6 heteroatoms. The minimum atomic E-state index is -0.0321. The molecule has 0 saturated heterocycles. The third-order valence-corrected chi connectivity index (χ3v) is 4.30. The number of aromatic nitrogens is 3. The van der Waals surface area contributed by atoms with E-state index >= 15 is 0 Å². The molecule has 6 nitrogen and oxygen atoms in total. The lowest BCUT2D eigenvalue weighted by Gasteiger charge is -2.18. The smallest absolute Gasteiger partial charge is 0.256 e. The van der Waals surface area contributed by atoms with Crippen LogP contribution in [0.5, 0.6) is 0 Å². The largest absolute Gasteiger partial charge is 0.361 e. The Balaban J connectivity index is 1.58. The second-order valence-electron chi connectivity index (χ2n) is 5.81. The zero-order valence-corrected chi connectivity index (χ0v) is 14.6. The number of rotatable bonds is 7. The molecule has 0 spiro atoms. The number of hydrogen-bond donors (Lipinski definition) is 2. The number of aromatic amines is 1. The lowest BCUT2D eigenvalue weighted by atomic mass is 10.1. The molecule has 3 rings (SSSR count). The van der Waals surface area contributed by atoms with Gasteiger partial charge >= 0.3 is 0 Å². The van der Waals surface area contributed by atoms with Crippen molar-refractivity contribution in [3.05, 3.63) is 54.0 Å². The first-order valence-electron chi connectivity index (χ1n) is 8.63. The Morgan fingerprint density at radius 2 is 1.88 bits per heavy atom. The number of carbonyl (C=O) groups excluding carboxylic acids is 1. The van der Waals surface area contributed by atoms with E-state index in [-0.39, 0.29) is 5.91 Å². The van der Waals surface area contributed by atoms with E-state index in [2.05, 4.69) is 32.4 Å². The zero-order valence-electron chi connectivity index (χ0n) is 14.6. The molecule has 3 aromatic rings. The highest BCUT2D eigenvalue weighted by atomic mass is 16.2. The van der Waals surface area contributed by atoms with Crippen LogP contribution in [0, 0.1) is 0 Å². The summed E-state index contributed by atoms with van der Waals surface area (Å²) in [5.74, 6) is 0.506. The van der Waals surface area contributed by atoms with E-state index in [1.54, 1.807) is 17.3 Å². The topological polar surface area (TPSA) is 73.9 Å². The standard InChI is InChI=1S/C19H23N5O/c1-3-24(4-2)18(25)15-12-22-19(23-13-15)20-10-9-14-11-21-17-8-6-5-7-16(14)17/h5-8,11-13,21H,3-4,9-10H2,1-2H3,(H,20,22,23). The first-order valence-corrected chi connectivity index (χ1v) is 8.63. The minimum absolute atomic E-state index is 0.0321. The van der Waals surface area contributed by atoms with Gasteiger partial charge in [-0.3, -0.25) is 4.79 Å². The van der Waals surface area contributed by atoms with Gasteiger partial charge < -0.3 is 15.2 Å². The summed E-state index contributed by atoms with van der Waals surface area (Å²) in [4.78, 5) is 25.8. The van der Waals surface area contributed by atoms with Crippen LogP contribution in [0.4, 0.5) is 5.95 Å². The van der Waals surface area contributed by atoms with Crippen molar-refractivity contribution >= 4 is 22.8 Å². The van der Waals surface area contributed by atoms with Crippen molar-refractivity contribution in [2.45, 2.75) is 20.3 Å². The Hall–Kier alpha value is -2.89. The second-order valence-corrected chi connectivity index (χ2v) is 5.81. The number of nitrogens with zero attached hydrogens (tertiary/aromatic N) is 3. The van der Waals surface area contributed by atoms with Crippen LogP contribution in [0.2, 0.25) is 0 Å². The monoisotopic (exact) mass is 337 g/mol. The van der Waals surface area contributed by atoms with Crippen molar-refractivity contribution in [3.63, 3.8) is 0 Å². The van der Waals surface area contributed by atoms with Gasteiger partial charge in [0.25, 0.3) is 5.91 Å². The van der Waals surface area contributed by atoms with Crippen molar-refractivity contribution in [1.29, 1.82) is 0 Å². The van der Waals surface area contributed by atoms with E-state index in [4.69, 9.17) is 0 Å². The third-order valence-electron chi connectivity index (χ3n) is 4.30. The van der Waals surface area contributed by atoms with Crippen LogP contribution in [0.1, 0.15) is 29.8 Å². The number of benzene rings is 1. The van der Waals surface area contributed by atoms with Gasteiger partial charge in [-0.25, -0.2) is 9.97 Å². The van der Waals surface area contributed by atoms with Gasteiger partial charge in [-0.05, 0) is 31.9 Å². The fourth-order valence-corrected chi connectivity index (χ4v) is 2.87. The van der Waals surface area contributed by atoms with Crippen LogP contribution in [0.3, 0.4) is 0 Å². The van der Waals surface area contributed by atoms with Crippen LogP contribution < -0.4 is 5.32 Å². The highest BCUT2D eigenvalue weighted by Crippen LogP contribution is 2.18. The maximum atomic E-state index is 12.2. The number of nitrogens with one attached hydrogen (secondary N) is 2. The lowest BCUT2D eigenvalue weighted by molar-refractivity contribution is 0.0772. The van der Waals surface area contributed by atoms with Crippen LogP contribution >= 0.6 is 0 Å². The molecular weight excluding hydrogens is 314 g/mol. The number of para-hydroxylation sites is 1. The molecule has 0 atom stereocenters. The summed E-state index contributed by atoms with van der Waals surface area (Å²) in [6.45, 7) is 6.01. The molecule has 0 saturated carbocycles. The van der Waals surface area contributed by atoms with Gasteiger partial charge in [0.2, 0.25) is 5.95 Å². The van der Waals surface area contributed by atoms with Gasteiger partial charge in [0.05, 0.1) is 5.56 Å². The molecule has 0 radical (unpaired) electrons. The quantitative estimate of drug-likeness (QED) is 0.695. The number of carbonyl (C=O) groups is 1. The SMILES string of the molecule is CCN(CC)C(=O)c1cnc(NCCc2c[nH]c3ccccc23)nc1. The normalized spacial score (nSPS) is 10.8. The summed E-state index contributed by atoms with van der Waals surface area (Å²) in [7, 11) is 0. The predicted octanol–water partition coefficient (Wildman–Crippen LogP) is 3.09. The molecule has 2 aromatic heterocycles. The summed E-state index contributed by atoms with van der Waals surface area (Å²) < 4.78 is 0. The van der Waals surface area contributed by atoms with E-state index in [0.29, 0.717) is 24.6 Å². The fourth-order valence-electron chi connectivity index (χ4n) is 2.87. The third kappa shape index (κ3) is 3.79. The summed E-state index contributed by atoms with van der Waals surface area (Å²) in [6.07, 6.45) is 6.08. The number of anilines is 1. The average Bonchev–Trinajstić information content (AvgIpc) is 3.06. The first kappa shape index (κ1) is 17.0. The van der Waals surface area contributed by atoms with Gasteiger partial charge in [0.1, 0.15) is 0 Å². The van der Waals surface area contributed by atoms with Gasteiger partial charge in [-0.15, -0.1) is 0 Å². The minimum Gasteiger partial charge on any atom is -0.361 e. The maximum absolute atomic E-state index is 12.2. The molecule has 0 fully saturated rings. The molecule has 2 N–H and O–H groups in total. The summed E-state index contributed by atoms with van der Waals surface area (Å²) in [5.41, 5.74) is 2.93. The lowest BCUT2D eigenvalue weighted by Crippen LogP contribution is -2.30. The zero-order chi connectivity index (χ0) is 17.6. The second kappa shape index (κ2) is 7.79. The molecule has 130 valence electrons. The fraction of sp³-hybridized carbons (Fsp3) is 0.316. The summed E-state index contributed by atoms with van der Waals surface area (Å²) in [5, 5.41) is 4.45. The van der Waals surface area contributed by atoms with E-state index in [9.17, 15) is 4.79 Å². The van der Waals surface area contributed by atoms with Crippen molar-refractivity contribution in [1.82, 2.24) is 19.9 Å². The molecule has 0 aliphatic heterocycles. The van der Waals surface area contributed by atoms with Crippen molar-refractivity contribution in [3.8, 4) is 0 Å². The van der Waals surface area contributed by atoms with E-state index in [1.165, 1.54) is 10.9 Å². The number of hydrogen-bond acceptors (Lipinski definition) is 4. The highest BCUT2D eigenvalue weighted by Gasteiger charge is 2.13. The van der Waals surface area contributed by atoms with E-state index in [0.717, 1.165) is 18.5 Å². The Labute approximate surface area is 147 Å². The van der Waals surface area contributed by atoms with Crippen LogP contribution in [-0.4, -0.2) is 45.4 Å². The van der Waals surface area contributed by atoms with Crippen LogP contribution in [0.15, 0.2) is 42.9 Å². The Morgan fingerprint density at radius 1 is 1.16 bits per heavy atom. The maximum Gasteiger partial charge on any atom is 0.256 e. The predicted molar refractivity (Wildman–Crippen MR) is 99.8 cm³/mol. The van der Waals surface area contributed by atoms with E-state index in [1.807, 2.05) is 32.2 Å².